The van der Waals surface area contributed by atoms with Crippen LogP contribution >= 0.6 is 12.6 Å². The third-order valence-electron chi connectivity index (χ3n) is 1.44. The monoisotopic (exact) mass is 183 g/mol. The molecule has 0 fully saturated rings. The van der Waals surface area contributed by atoms with Crippen molar-refractivity contribution in [3.63, 3.8) is 0 Å². The van der Waals surface area contributed by atoms with Crippen LogP contribution in [0.15, 0.2) is 18.3 Å². The zero-order valence-electron chi connectivity index (χ0n) is 6.40. The number of carbonyl (C=O) groups is 1. The Bertz CT molecular complexity index is 271. The van der Waals surface area contributed by atoms with E-state index in [1.165, 1.54) is 6.07 Å². The van der Waals surface area contributed by atoms with Crippen molar-refractivity contribution in [2.75, 3.05) is 5.75 Å². The highest BCUT2D eigenvalue weighted by molar-refractivity contribution is 7.80. The van der Waals surface area contributed by atoms with Gasteiger partial charge in [-0.25, -0.2) is 9.78 Å². The predicted molar refractivity (Wildman–Crippen MR) is 48.8 cm³/mol. The minimum atomic E-state index is -0.993. The van der Waals surface area contributed by atoms with Crippen molar-refractivity contribution in [2.24, 2.45) is 0 Å². The predicted octanol–water partition coefficient (Wildman–Crippen LogP) is 1.25. The second-order valence-electron chi connectivity index (χ2n) is 2.33. The Hall–Kier alpha value is -1.03. The number of nitrogens with zero attached hydrogens (tertiary/aromatic N) is 1. The van der Waals surface area contributed by atoms with Crippen molar-refractivity contribution in [3.05, 3.63) is 29.6 Å². The third kappa shape index (κ3) is 2.23. The number of hydrogen-bond donors (Lipinski definition) is 2. The molecule has 0 aliphatic heterocycles. The number of rotatable bonds is 3. The molecule has 0 bridgehead atoms. The Morgan fingerprint density at radius 1 is 1.58 bits per heavy atom. The number of aromatic carboxylic acids is 1. The Kier molecular flexibility index (Phi) is 3.10. The van der Waals surface area contributed by atoms with Crippen molar-refractivity contribution in [3.8, 4) is 0 Å². The van der Waals surface area contributed by atoms with E-state index >= 15 is 0 Å². The molecule has 0 aliphatic carbocycles. The summed E-state index contributed by atoms with van der Waals surface area (Å²) < 4.78 is 0. The molecule has 0 aliphatic rings. The molecule has 3 nitrogen and oxygen atoms in total. The summed E-state index contributed by atoms with van der Waals surface area (Å²) in [6.07, 6.45) is 2.38. The lowest BCUT2D eigenvalue weighted by Crippen LogP contribution is -2.00. The zero-order valence-corrected chi connectivity index (χ0v) is 7.29. The Morgan fingerprint density at radius 3 is 2.75 bits per heavy atom. The van der Waals surface area contributed by atoms with Gasteiger partial charge in [-0.15, -0.1) is 0 Å². The number of aromatic nitrogens is 1. The van der Waals surface area contributed by atoms with Gasteiger partial charge in [0.05, 0.1) is 0 Å². The molecule has 0 saturated heterocycles. The highest BCUT2D eigenvalue weighted by Crippen LogP contribution is 2.01. The van der Waals surface area contributed by atoms with Gasteiger partial charge in [0.2, 0.25) is 0 Å². The summed E-state index contributed by atoms with van der Waals surface area (Å²) in [5, 5.41) is 8.53. The number of thiol groups is 1. The standard InChI is InChI=1S/C8H9NO2S/c10-8(11)7-2-1-6(3-4-12)5-9-7/h1-2,5,12H,3-4H2,(H,10,11). The third-order valence-corrected chi connectivity index (χ3v) is 1.67. The van der Waals surface area contributed by atoms with E-state index in [-0.39, 0.29) is 5.69 Å². The molecule has 4 heteroatoms. The SMILES string of the molecule is O=C(O)c1ccc(CCS)cn1. The molecule has 1 rings (SSSR count). The molecular weight excluding hydrogens is 174 g/mol. The normalized spacial score (nSPS) is 9.75. The van der Waals surface area contributed by atoms with E-state index in [2.05, 4.69) is 17.6 Å². The topological polar surface area (TPSA) is 50.2 Å². The summed E-state index contributed by atoms with van der Waals surface area (Å²) in [4.78, 5) is 14.2. The summed E-state index contributed by atoms with van der Waals surface area (Å²) >= 11 is 4.05. The molecule has 1 N–H and O–H groups in total. The molecule has 0 aromatic carbocycles. The van der Waals surface area contributed by atoms with E-state index in [0.29, 0.717) is 0 Å². The van der Waals surface area contributed by atoms with Crippen LogP contribution in [0.3, 0.4) is 0 Å². The fourth-order valence-corrected chi connectivity index (χ4v) is 1.09. The van der Waals surface area contributed by atoms with Crippen molar-refractivity contribution < 1.29 is 9.90 Å². The first-order chi connectivity index (χ1) is 5.74. The van der Waals surface area contributed by atoms with Gasteiger partial charge in [0.1, 0.15) is 5.69 Å². The van der Waals surface area contributed by atoms with Crippen LogP contribution in [0.25, 0.3) is 0 Å². The van der Waals surface area contributed by atoms with Gasteiger partial charge < -0.3 is 5.11 Å². The van der Waals surface area contributed by atoms with Gasteiger partial charge in [0.25, 0.3) is 0 Å². The summed E-state index contributed by atoms with van der Waals surface area (Å²) in [5.74, 6) is -0.249. The van der Waals surface area contributed by atoms with E-state index in [1.807, 2.05) is 0 Å². The highest BCUT2D eigenvalue weighted by Gasteiger charge is 2.02. The molecule has 0 radical (unpaired) electrons. The van der Waals surface area contributed by atoms with Crippen molar-refractivity contribution >= 4 is 18.6 Å². The van der Waals surface area contributed by atoms with E-state index in [4.69, 9.17) is 5.11 Å². The summed E-state index contributed by atoms with van der Waals surface area (Å²) in [6.45, 7) is 0. The average Bonchev–Trinajstić information content (AvgIpc) is 2.06. The lowest BCUT2D eigenvalue weighted by atomic mass is 10.2. The summed E-state index contributed by atoms with van der Waals surface area (Å²) in [7, 11) is 0. The number of carboxylic acid groups (broad SMARTS) is 1. The molecule has 12 heavy (non-hydrogen) atoms. The molecular formula is C8H9NO2S. The van der Waals surface area contributed by atoms with E-state index < -0.39 is 5.97 Å². The fraction of sp³-hybridized carbons (Fsp3) is 0.250. The summed E-state index contributed by atoms with van der Waals surface area (Å²) in [5.41, 5.74) is 1.09. The maximum absolute atomic E-state index is 10.4. The molecule has 0 saturated carbocycles. The van der Waals surface area contributed by atoms with Crippen LogP contribution in [0.4, 0.5) is 0 Å². The lowest BCUT2D eigenvalue weighted by Gasteiger charge is -1.97. The quantitative estimate of drug-likeness (QED) is 0.693. The maximum Gasteiger partial charge on any atom is 0.354 e. The van der Waals surface area contributed by atoms with Gasteiger partial charge in [0, 0.05) is 6.20 Å². The molecule has 0 atom stereocenters. The van der Waals surface area contributed by atoms with E-state index in [1.54, 1.807) is 12.3 Å². The van der Waals surface area contributed by atoms with Crippen LogP contribution < -0.4 is 0 Å². The molecule has 0 spiro atoms. The van der Waals surface area contributed by atoms with Crippen LogP contribution in [0.1, 0.15) is 16.1 Å². The van der Waals surface area contributed by atoms with Crippen molar-refractivity contribution in [1.82, 2.24) is 4.98 Å². The first kappa shape index (κ1) is 9.06. The maximum atomic E-state index is 10.4. The Morgan fingerprint density at radius 2 is 2.33 bits per heavy atom. The highest BCUT2D eigenvalue weighted by atomic mass is 32.1. The van der Waals surface area contributed by atoms with Crippen LogP contribution in [-0.4, -0.2) is 21.8 Å². The van der Waals surface area contributed by atoms with E-state index in [9.17, 15) is 4.79 Å². The number of hydrogen-bond acceptors (Lipinski definition) is 3. The lowest BCUT2D eigenvalue weighted by molar-refractivity contribution is 0.0690. The van der Waals surface area contributed by atoms with Gasteiger partial charge in [-0.1, -0.05) is 6.07 Å². The second kappa shape index (κ2) is 4.11. The average molecular weight is 183 g/mol. The van der Waals surface area contributed by atoms with Gasteiger partial charge >= 0.3 is 5.97 Å². The molecule has 1 aromatic rings. The Balaban J connectivity index is 2.78. The zero-order chi connectivity index (χ0) is 8.97. The van der Waals surface area contributed by atoms with Crippen LogP contribution in [0.5, 0.6) is 0 Å². The second-order valence-corrected chi connectivity index (χ2v) is 2.78. The molecule has 0 unspecified atom stereocenters. The number of carboxylic acids is 1. The van der Waals surface area contributed by atoms with Gasteiger partial charge in [-0.2, -0.15) is 12.6 Å². The number of pyridine rings is 1. The van der Waals surface area contributed by atoms with Crippen LogP contribution in [0.2, 0.25) is 0 Å². The Labute approximate surface area is 75.9 Å². The van der Waals surface area contributed by atoms with Gasteiger partial charge in [-0.05, 0) is 23.8 Å². The smallest absolute Gasteiger partial charge is 0.354 e. The van der Waals surface area contributed by atoms with E-state index in [0.717, 1.165) is 17.7 Å². The first-order valence-electron chi connectivity index (χ1n) is 3.53. The van der Waals surface area contributed by atoms with Gasteiger partial charge in [0.15, 0.2) is 0 Å². The first-order valence-corrected chi connectivity index (χ1v) is 4.16. The number of aryl methyl sites for hydroxylation is 1. The minimum absolute atomic E-state index is 0.0814. The minimum Gasteiger partial charge on any atom is -0.477 e. The largest absolute Gasteiger partial charge is 0.477 e. The molecule has 64 valence electrons. The van der Waals surface area contributed by atoms with Crippen molar-refractivity contribution in [2.45, 2.75) is 6.42 Å². The van der Waals surface area contributed by atoms with Crippen molar-refractivity contribution in [1.29, 1.82) is 0 Å². The molecule has 1 aromatic heterocycles. The summed E-state index contributed by atoms with van der Waals surface area (Å²) in [6, 6.07) is 3.26. The fourth-order valence-electron chi connectivity index (χ4n) is 0.828. The van der Waals surface area contributed by atoms with Crippen LogP contribution in [-0.2, 0) is 6.42 Å². The molecule has 1 heterocycles. The van der Waals surface area contributed by atoms with Crippen LogP contribution in [0, 0.1) is 0 Å². The van der Waals surface area contributed by atoms with Gasteiger partial charge in [-0.3, -0.25) is 0 Å². The molecule has 0 amide bonds.